The summed E-state index contributed by atoms with van der Waals surface area (Å²) in [4.78, 5) is 2.15. The van der Waals surface area contributed by atoms with Crippen molar-refractivity contribution in [3.63, 3.8) is 0 Å². The second-order valence-electron chi connectivity index (χ2n) is 6.27. The molecule has 3 heteroatoms. The number of anilines is 1. The molecule has 0 atom stereocenters. The van der Waals surface area contributed by atoms with Gasteiger partial charge in [0.1, 0.15) is 5.82 Å². The summed E-state index contributed by atoms with van der Waals surface area (Å²) in [6.45, 7) is 5.82. The Bertz CT molecular complexity index is 590. The first-order valence-electron chi connectivity index (χ1n) is 7.16. The quantitative estimate of drug-likeness (QED) is 0.847. The molecule has 0 aliphatic rings. The smallest absolute Gasteiger partial charge is 0.127 e. The van der Waals surface area contributed by atoms with Crippen molar-refractivity contribution < 1.29 is 4.39 Å². The van der Waals surface area contributed by atoms with Crippen molar-refractivity contribution in [1.82, 2.24) is 4.90 Å². The Morgan fingerprint density at radius 3 is 2.29 bits per heavy atom. The van der Waals surface area contributed by atoms with Crippen LogP contribution in [0.25, 0.3) is 0 Å². The van der Waals surface area contributed by atoms with Crippen LogP contribution < -0.4 is 5.73 Å². The number of nitrogen functional groups attached to an aromatic ring is 1. The first-order valence-corrected chi connectivity index (χ1v) is 7.16. The van der Waals surface area contributed by atoms with Crippen molar-refractivity contribution >= 4 is 5.69 Å². The van der Waals surface area contributed by atoms with Crippen LogP contribution in [0.3, 0.4) is 0 Å². The van der Waals surface area contributed by atoms with E-state index in [1.165, 1.54) is 11.6 Å². The van der Waals surface area contributed by atoms with Crippen LogP contribution in [0.2, 0.25) is 0 Å². The number of hydrogen-bond donors (Lipinski definition) is 1. The minimum atomic E-state index is -0.144. The van der Waals surface area contributed by atoms with E-state index in [0.717, 1.165) is 17.8 Å². The van der Waals surface area contributed by atoms with Gasteiger partial charge < -0.3 is 10.6 Å². The van der Waals surface area contributed by atoms with Crippen LogP contribution in [0.5, 0.6) is 0 Å². The molecule has 0 bridgehead atoms. The van der Waals surface area contributed by atoms with E-state index in [0.29, 0.717) is 6.54 Å². The fourth-order valence-electron chi connectivity index (χ4n) is 2.67. The highest BCUT2D eigenvalue weighted by molar-refractivity contribution is 5.41. The molecule has 2 aromatic rings. The van der Waals surface area contributed by atoms with Crippen LogP contribution in [0, 0.1) is 5.82 Å². The molecule has 2 rings (SSSR count). The molecule has 0 heterocycles. The third-order valence-corrected chi connectivity index (χ3v) is 3.76. The molecule has 0 amide bonds. The summed E-state index contributed by atoms with van der Waals surface area (Å²) in [7, 11) is 2.02. The highest BCUT2D eigenvalue weighted by Crippen LogP contribution is 2.25. The van der Waals surface area contributed by atoms with E-state index in [1.807, 2.05) is 31.3 Å². The Balaban J connectivity index is 2.06. The SMILES string of the molecule is CN(Cc1ccccc1F)CC(C)(C)c1ccc(N)cc1. The number of rotatable bonds is 5. The Labute approximate surface area is 126 Å². The molecule has 112 valence electrons. The molecule has 0 unspecified atom stereocenters. The Kier molecular flexibility index (Phi) is 4.63. The summed E-state index contributed by atoms with van der Waals surface area (Å²) in [6, 6.07) is 14.9. The molecule has 0 fully saturated rings. The topological polar surface area (TPSA) is 29.3 Å². The summed E-state index contributed by atoms with van der Waals surface area (Å²) < 4.78 is 13.7. The lowest BCUT2D eigenvalue weighted by molar-refractivity contribution is 0.258. The van der Waals surface area contributed by atoms with Crippen molar-refractivity contribution in [2.24, 2.45) is 0 Å². The van der Waals surface area contributed by atoms with E-state index in [2.05, 4.69) is 30.9 Å². The van der Waals surface area contributed by atoms with Crippen LogP contribution >= 0.6 is 0 Å². The molecule has 0 saturated carbocycles. The van der Waals surface area contributed by atoms with Gasteiger partial charge in [-0.05, 0) is 30.8 Å². The predicted octanol–water partition coefficient (Wildman–Crippen LogP) is 3.82. The van der Waals surface area contributed by atoms with Gasteiger partial charge in [-0.25, -0.2) is 4.39 Å². The third kappa shape index (κ3) is 4.05. The first-order chi connectivity index (χ1) is 9.88. The molecular formula is C18H23FN2. The highest BCUT2D eigenvalue weighted by Gasteiger charge is 2.22. The van der Waals surface area contributed by atoms with Crippen LogP contribution in [0.15, 0.2) is 48.5 Å². The minimum Gasteiger partial charge on any atom is -0.399 e. The van der Waals surface area contributed by atoms with E-state index in [1.54, 1.807) is 6.07 Å². The molecule has 0 aliphatic carbocycles. The van der Waals surface area contributed by atoms with Gasteiger partial charge in [0.05, 0.1) is 0 Å². The number of benzene rings is 2. The molecule has 2 aromatic carbocycles. The molecule has 0 radical (unpaired) electrons. The van der Waals surface area contributed by atoms with Gasteiger partial charge in [0.15, 0.2) is 0 Å². The van der Waals surface area contributed by atoms with Gasteiger partial charge in [0.25, 0.3) is 0 Å². The largest absolute Gasteiger partial charge is 0.399 e. The van der Waals surface area contributed by atoms with E-state index in [4.69, 9.17) is 5.73 Å². The van der Waals surface area contributed by atoms with Gasteiger partial charge in [-0.1, -0.05) is 44.2 Å². The van der Waals surface area contributed by atoms with Gasteiger partial charge in [0, 0.05) is 29.8 Å². The lowest BCUT2D eigenvalue weighted by Gasteiger charge is -2.31. The second-order valence-corrected chi connectivity index (χ2v) is 6.27. The molecule has 0 aromatic heterocycles. The Morgan fingerprint density at radius 2 is 1.67 bits per heavy atom. The van der Waals surface area contributed by atoms with E-state index in [9.17, 15) is 4.39 Å². The van der Waals surface area contributed by atoms with Crippen LogP contribution in [0.4, 0.5) is 10.1 Å². The molecule has 21 heavy (non-hydrogen) atoms. The molecule has 2 nitrogen and oxygen atoms in total. The van der Waals surface area contributed by atoms with Crippen molar-refractivity contribution in [3.05, 3.63) is 65.5 Å². The Hall–Kier alpha value is -1.87. The Morgan fingerprint density at radius 1 is 1.05 bits per heavy atom. The summed E-state index contributed by atoms with van der Waals surface area (Å²) in [6.07, 6.45) is 0. The highest BCUT2D eigenvalue weighted by atomic mass is 19.1. The maximum absolute atomic E-state index is 13.7. The summed E-state index contributed by atoms with van der Waals surface area (Å²) in [5, 5.41) is 0. The zero-order chi connectivity index (χ0) is 15.5. The van der Waals surface area contributed by atoms with Gasteiger partial charge in [-0.3, -0.25) is 0 Å². The fraction of sp³-hybridized carbons (Fsp3) is 0.333. The monoisotopic (exact) mass is 286 g/mol. The fourth-order valence-corrected chi connectivity index (χ4v) is 2.67. The summed E-state index contributed by atoms with van der Waals surface area (Å²) in [5.41, 5.74) is 8.45. The number of nitrogens with two attached hydrogens (primary N) is 1. The normalized spacial score (nSPS) is 11.9. The van der Waals surface area contributed by atoms with E-state index < -0.39 is 0 Å². The maximum Gasteiger partial charge on any atom is 0.127 e. The maximum atomic E-state index is 13.7. The zero-order valence-electron chi connectivity index (χ0n) is 12.9. The van der Waals surface area contributed by atoms with E-state index >= 15 is 0 Å². The summed E-state index contributed by atoms with van der Waals surface area (Å²) in [5.74, 6) is -0.144. The van der Waals surface area contributed by atoms with Crippen molar-refractivity contribution in [3.8, 4) is 0 Å². The number of hydrogen-bond acceptors (Lipinski definition) is 2. The molecule has 2 N–H and O–H groups in total. The average molecular weight is 286 g/mol. The zero-order valence-corrected chi connectivity index (χ0v) is 12.9. The van der Waals surface area contributed by atoms with Crippen LogP contribution in [-0.4, -0.2) is 18.5 Å². The second kappa shape index (κ2) is 6.27. The van der Waals surface area contributed by atoms with Crippen molar-refractivity contribution in [1.29, 1.82) is 0 Å². The lowest BCUT2D eigenvalue weighted by atomic mass is 9.84. The number of nitrogens with zero attached hydrogens (tertiary/aromatic N) is 1. The minimum absolute atomic E-state index is 0.0201. The van der Waals surface area contributed by atoms with Crippen molar-refractivity contribution in [2.75, 3.05) is 19.3 Å². The lowest BCUT2D eigenvalue weighted by Crippen LogP contribution is -2.34. The van der Waals surface area contributed by atoms with Gasteiger partial charge in [0.2, 0.25) is 0 Å². The molecule has 0 saturated heterocycles. The standard InChI is InChI=1S/C18H23FN2/c1-18(2,15-8-10-16(20)11-9-15)13-21(3)12-14-6-4-5-7-17(14)19/h4-11H,12-13,20H2,1-3H3. The molecule has 0 aliphatic heterocycles. The number of halogens is 1. The average Bonchev–Trinajstić information content (AvgIpc) is 2.41. The van der Waals surface area contributed by atoms with Gasteiger partial charge in [-0.2, -0.15) is 0 Å². The number of likely N-dealkylation sites (N-methyl/N-ethyl adjacent to an activating group) is 1. The first kappa shape index (κ1) is 15.5. The van der Waals surface area contributed by atoms with Crippen LogP contribution in [-0.2, 0) is 12.0 Å². The molecule has 0 spiro atoms. The summed E-state index contributed by atoms with van der Waals surface area (Å²) >= 11 is 0. The third-order valence-electron chi connectivity index (χ3n) is 3.76. The van der Waals surface area contributed by atoms with E-state index in [-0.39, 0.29) is 11.2 Å². The van der Waals surface area contributed by atoms with Crippen molar-refractivity contribution in [2.45, 2.75) is 25.8 Å². The van der Waals surface area contributed by atoms with Gasteiger partial charge >= 0.3 is 0 Å². The predicted molar refractivity (Wildman–Crippen MR) is 86.6 cm³/mol. The van der Waals surface area contributed by atoms with Gasteiger partial charge in [-0.15, -0.1) is 0 Å². The van der Waals surface area contributed by atoms with Crippen LogP contribution in [0.1, 0.15) is 25.0 Å². The molecular weight excluding hydrogens is 263 g/mol.